The normalized spacial score (nSPS) is 10.3. The van der Waals surface area contributed by atoms with Crippen molar-refractivity contribution in [3.05, 3.63) is 28.2 Å². The van der Waals surface area contributed by atoms with Gasteiger partial charge in [0, 0.05) is 10.0 Å². The molecule has 0 aliphatic heterocycles. The van der Waals surface area contributed by atoms with Crippen LogP contribution in [0.3, 0.4) is 0 Å². The maximum atomic E-state index is 10.4. The standard InChI is InChI=1S/C10H10BrN3O3S/c11-7-1-2-8(17-5-9(15)16)6(3-7)4-13-14-10(12)18/h1-4H,5H2,(H,15,16)(H3,12,14,18). The maximum Gasteiger partial charge on any atom is 0.341 e. The second-order valence-corrected chi connectivity index (χ2v) is 4.45. The Morgan fingerprint density at radius 1 is 1.67 bits per heavy atom. The van der Waals surface area contributed by atoms with E-state index in [-0.39, 0.29) is 5.11 Å². The first-order valence-corrected chi connectivity index (χ1v) is 5.92. The molecule has 0 radical (unpaired) electrons. The summed E-state index contributed by atoms with van der Waals surface area (Å²) in [4.78, 5) is 10.4. The zero-order chi connectivity index (χ0) is 13.5. The number of carbonyl (C=O) groups is 1. The van der Waals surface area contributed by atoms with Crippen LogP contribution in [0.5, 0.6) is 5.75 Å². The van der Waals surface area contributed by atoms with Gasteiger partial charge >= 0.3 is 5.97 Å². The number of benzene rings is 1. The number of rotatable bonds is 5. The summed E-state index contributed by atoms with van der Waals surface area (Å²) in [6, 6.07) is 5.09. The van der Waals surface area contributed by atoms with E-state index in [1.165, 1.54) is 6.21 Å². The van der Waals surface area contributed by atoms with Crippen LogP contribution in [0.2, 0.25) is 0 Å². The van der Waals surface area contributed by atoms with Gasteiger partial charge in [-0.25, -0.2) is 4.79 Å². The summed E-state index contributed by atoms with van der Waals surface area (Å²) in [6.45, 7) is -0.425. The molecule has 0 amide bonds. The van der Waals surface area contributed by atoms with Gasteiger partial charge in [-0.1, -0.05) is 15.9 Å². The van der Waals surface area contributed by atoms with E-state index in [0.717, 1.165) is 4.47 Å². The van der Waals surface area contributed by atoms with Crippen LogP contribution in [0.15, 0.2) is 27.8 Å². The first-order chi connectivity index (χ1) is 8.49. The quantitative estimate of drug-likeness (QED) is 0.424. The SMILES string of the molecule is NC(=S)NN=Cc1cc(Br)ccc1OCC(=O)O. The van der Waals surface area contributed by atoms with Gasteiger partial charge in [0.15, 0.2) is 11.7 Å². The minimum absolute atomic E-state index is 0.0363. The molecule has 0 atom stereocenters. The Hall–Kier alpha value is -1.67. The summed E-state index contributed by atoms with van der Waals surface area (Å²) in [5.41, 5.74) is 8.20. The van der Waals surface area contributed by atoms with Crippen molar-refractivity contribution in [1.82, 2.24) is 5.43 Å². The van der Waals surface area contributed by atoms with E-state index in [1.807, 2.05) is 0 Å². The summed E-state index contributed by atoms with van der Waals surface area (Å²) in [5.74, 6) is -0.656. The molecule has 1 rings (SSSR count). The molecule has 0 fully saturated rings. The highest BCUT2D eigenvalue weighted by atomic mass is 79.9. The molecule has 18 heavy (non-hydrogen) atoms. The zero-order valence-corrected chi connectivity index (χ0v) is 11.5. The van der Waals surface area contributed by atoms with Gasteiger partial charge in [-0.15, -0.1) is 0 Å². The van der Waals surface area contributed by atoms with E-state index in [0.29, 0.717) is 11.3 Å². The molecule has 0 spiro atoms. The Bertz CT molecular complexity index is 493. The maximum absolute atomic E-state index is 10.4. The van der Waals surface area contributed by atoms with Crippen LogP contribution >= 0.6 is 28.1 Å². The smallest absolute Gasteiger partial charge is 0.341 e. The molecular formula is C10H10BrN3O3S. The molecule has 0 aliphatic carbocycles. The van der Waals surface area contributed by atoms with Crippen molar-refractivity contribution in [3.63, 3.8) is 0 Å². The van der Waals surface area contributed by atoms with Gasteiger partial charge in [0.25, 0.3) is 0 Å². The summed E-state index contributed by atoms with van der Waals surface area (Å²) in [6.07, 6.45) is 1.43. The van der Waals surface area contributed by atoms with Crippen LogP contribution in [-0.4, -0.2) is 29.0 Å². The lowest BCUT2D eigenvalue weighted by Gasteiger charge is -2.07. The van der Waals surface area contributed by atoms with E-state index >= 15 is 0 Å². The monoisotopic (exact) mass is 331 g/mol. The molecule has 6 nitrogen and oxygen atoms in total. The lowest BCUT2D eigenvalue weighted by atomic mass is 10.2. The molecule has 1 aromatic carbocycles. The Morgan fingerprint density at radius 3 is 3.00 bits per heavy atom. The van der Waals surface area contributed by atoms with E-state index in [1.54, 1.807) is 18.2 Å². The van der Waals surface area contributed by atoms with Crippen molar-refractivity contribution in [1.29, 1.82) is 0 Å². The van der Waals surface area contributed by atoms with Crippen molar-refractivity contribution < 1.29 is 14.6 Å². The number of hydrazone groups is 1. The molecule has 0 aliphatic rings. The molecule has 0 saturated heterocycles. The van der Waals surface area contributed by atoms with Gasteiger partial charge in [-0.3, -0.25) is 5.43 Å². The third-order valence-electron chi connectivity index (χ3n) is 1.70. The Balaban J connectivity index is 2.85. The number of hydrogen-bond acceptors (Lipinski definition) is 4. The lowest BCUT2D eigenvalue weighted by Crippen LogP contribution is -2.24. The summed E-state index contributed by atoms with van der Waals surface area (Å²) in [5, 5.41) is 12.4. The fourth-order valence-electron chi connectivity index (χ4n) is 1.06. The number of halogens is 1. The predicted molar refractivity (Wildman–Crippen MR) is 74.8 cm³/mol. The molecule has 0 heterocycles. The molecule has 1 aromatic rings. The number of carboxylic acid groups (broad SMARTS) is 1. The van der Waals surface area contributed by atoms with E-state index in [2.05, 4.69) is 38.7 Å². The molecule has 0 bridgehead atoms. The highest BCUT2D eigenvalue weighted by Gasteiger charge is 2.05. The van der Waals surface area contributed by atoms with Crippen molar-refractivity contribution in [2.24, 2.45) is 10.8 Å². The third kappa shape index (κ3) is 5.11. The van der Waals surface area contributed by atoms with E-state index in [4.69, 9.17) is 15.6 Å². The molecule has 0 aromatic heterocycles. The first-order valence-electron chi connectivity index (χ1n) is 4.71. The van der Waals surface area contributed by atoms with Gasteiger partial charge in [0.05, 0.1) is 6.21 Å². The average molecular weight is 332 g/mol. The molecule has 0 unspecified atom stereocenters. The number of nitrogens with zero attached hydrogens (tertiary/aromatic N) is 1. The van der Waals surface area contributed by atoms with Crippen LogP contribution in [0.1, 0.15) is 5.56 Å². The topological polar surface area (TPSA) is 96.9 Å². The summed E-state index contributed by atoms with van der Waals surface area (Å²) >= 11 is 7.88. The number of thiocarbonyl (C=S) groups is 1. The molecule has 8 heteroatoms. The minimum Gasteiger partial charge on any atom is -0.481 e. The minimum atomic E-state index is -1.05. The highest BCUT2D eigenvalue weighted by molar-refractivity contribution is 9.10. The Morgan fingerprint density at radius 2 is 2.39 bits per heavy atom. The number of hydrogen-bond donors (Lipinski definition) is 3. The molecule has 96 valence electrons. The van der Waals surface area contributed by atoms with Gasteiger partial charge in [-0.05, 0) is 30.4 Å². The van der Waals surface area contributed by atoms with Gasteiger partial charge in [-0.2, -0.15) is 5.10 Å². The summed E-state index contributed by atoms with van der Waals surface area (Å²) in [7, 11) is 0. The van der Waals surface area contributed by atoms with Crippen LogP contribution in [-0.2, 0) is 4.79 Å². The molecule has 0 saturated carbocycles. The Labute approximate surface area is 117 Å². The lowest BCUT2D eigenvalue weighted by molar-refractivity contribution is -0.139. The Kier molecular flexibility index (Phi) is 5.53. The van der Waals surface area contributed by atoms with Crippen molar-refractivity contribution in [3.8, 4) is 5.75 Å². The number of aliphatic carboxylic acids is 1. The fraction of sp³-hybridized carbons (Fsp3) is 0.100. The third-order valence-corrected chi connectivity index (χ3v) is 2.29. The second-order valence-electron chi connectivity index (χ2n) is 3.10. The van der Waals surface area contributed by atoms with E-state index < -0.39 is 12.6 Å². The first kappa shape index (κ1) is 14.4. The number of nitrogens with one attached hydrogen (secondary N) is 1. The largest absolute Gasteiger partial charge is 0.481 e. The van der Waals surface area contributed by atoms with Gasteiger partial charge in [0.2, 0.25) is 0 Å². The molecular weight excluding hydrogens is 322 g/mol. The summed E-state index contributed by atoms with van der Waals surface area (Å²) < 4.78 is 5.91. The van der Waals surface area contributed by atoms with Gasteiger partial charge < -0.3 is 15.6 Å². The predicted octanol–water partition coefficient (Wildman–Crippen LogP) is 1.08. The number of carboxylic acids is 1. The van der Waals surface area contributed by atoms with Crippen molar-refractivity contribution in [2.45, 2.75) is 0 Å². The highest BCUT2D eigenvalue weighted by Crippen LogP contribution is 2.21. The number of ether oxygens (including phenoxy) is 1. The van der Waals surface area contributed by atoms with Crippen LogP contribution in [0.25, 0.3) is 0 Å². The van der Waals surface area contributed by atoms with E-state index in [9.17, 15) is 4.79 Å². The molecule has 4 N–H and O–H groups in total. The fourth-order valence-corrected chi connectivity index (χ4v) is 1.49. The zero-order valence-electron chi connectivity index (χ0n) is 9.09. The van der Waals surface area contributed by atoms with Crippen molar-refractivity contribution in [2.75, 3.05) is 6.61 Å². The van der Waals surface area contributed by atoms with Crippen LogP contribution in [0, 0.1) is 0 Å². The van der Waals surface area contributed by atoms with Crippen LogP contribution < -0.4 is 15.9 Å². The number of nitrogens with two attached hydrogens (primary N) is 1. The second kappa shape index (κ2) is 6.92. The average Bonchev–Trinajstić information content (AvgIpc) is 2.27. The van der Waals surface area contributed by atoms with Crippen LogP contribution in [0.4, 0.5) is 0 Å². The van der Waals surface area contributed by atoms with Gasteiger partial charge in [0.1, 0.15) is 5.75 Å². The van der Waals surface area contributed by atoms with Crippen molar-refractivity contribution >= 4 is 45.4 Å².